The summed E-state index contributed by atoms with van der Waals surface area (Å²) in [6.45, 7) is 1.64. The molecule has 2 saturated heterocycles. The highest BCUT2D eigenvalue weighted by molar-refractivity contribution is 9.10. The van der Waals surface area contributed by atoms with Crippen molar-refractivity contribution in [1.29, 1.82) is 0 Å². The van der Waals surface area contributed by atoms with E-state index in [9.17, 15) is 9.59 Å². The van der Waals surface area contributed by atoms with E-state index < -0.39 is 58.8 Å². The maximum absolute atomic E-state index is 15.3. The first-order chi connectivity index (χ1) is 22.2. The number of esters is 2. The molecule has 8 atom stereocenters. The molecule has 2 N–H and O–H groups in total. The normalized spacial score (nSPS) is 31.7. The van der Waals surface area contributed by atoms with Crippen molar-refractivity contribution in [3.63, 3.8) is 0 Å². The van der Waals surface area contributed by atoms with Gasteiger partial charge in [-0.2, -0.15) is 0 Å². The van der Waals surface area contributed by atoms with Crippen molar-refractivity contribution < 1.29 is 28.7 Å². The smallest absolute Gasteiger partial charge is 0.331 e. The van der Waals surface area contributed by atoms with Gasteiger partial charge in [-0.15, -0.1) is 0 Å². The van der Waals surface area contributed by atoms with Gasteiger partial charge in [-0.3, -0.25) is 25.0 Å². The molecular formula is C37H33BrN2O6. The first kappa shape index (κ1) is 30.5. The lowest BCUT2D eigenvalue weighted by Crippen LogP contribution is -2.60. The fraction of sp³-hybridized carbons (Fsp3) is 0.297. The quantitative estimate of drug-likeness (QED) is 0.277. The highest BCUT2D eigenvalue weighted by Gasteiger charge is 2.74. The Morgan fingerprint density at radius 2 is 1.24 bits per heavy atom. The van der Waals surface area contributed by atoms with Gasteiger partial charge in [0, 0.05) is 22.5 Å². The molecule has 3 fully saturated rings. The molecule has 1 aliphatic carbocycles. The second kappa shape index (κ2) is 11.3. The molecule has 8 nitrogen and oxygen atoms in total. The van der Waals surface area contributed by atoms with Crippen LogP contribution in [0.5, 0.6) is 0 Å². The van der Waals surface area contributed by atoms with Crippen molar-refractivity contribution >= 4 is 50.2 Å². The van der Waals surface area contributed by atoms with Gasteiger partial charge in [0.2, 0.25) is 0 Å². The van der Waals surface area contributed by atoms with Crippen molar-refractivity contribution in [2.45, 2.75) is 30.1 Å². The number of hydrogen-bond acceptors (Lipinski definition) is 8. The van der Waals surface area contributed by atoms with Crippen molar-refractivity contribution in [2.24, 2.45) is 23.7 Å². The Kier molecular flexibility index (Phi) is 7.46. The van der Waals surface area contributed by atoms with Gasteiger partial charge >= 0.3 is 11.9 Å². The summed E-state index contributed by atoms with van der Waals surface area (Å²) in [5, 5.41) is 8.86. The minimum atomic E-state index is -1.66. The number of benzene rings is 4. The average Bonchev–Trinajstić information content (AvgIpc) is 3.63. The first-order valence-electron chi connectivity index (χ1n) is 15.2. The molecule has 4 aromatic rings. The zero-order valence-electron chi connectivity index (χ0n) is 25.5. The van der Waals surface area contributed by atoms with Crippen LogP contribution in [-0.2, 0) is 34.2 Å². The van der Waals surface area contributed by atoms with Crippen molar-refractivity contribution in [2.75, 3.05) is 14.2 Å². The van der Waals surface area contributed by atoms with E-state index in [-0.39, 0.29) is 11.6 Å². The Morgan fingerprint density at radius 1 is 0.674 bits per heavy atom. The Bertz CT molecular complexity index is 1880. The zero-order valence-corrected chi connectivity index (χ0v) is 27.1. The molecule has 4 aromatic carbocycles. The Morgan fingerprint density at radius 3 is 1.91 bits per heavy atom. The second-order valence-corrected chi connectivity index (χ2v) is 13.5. The van der Waals surface area contributed by atoms with Crippen LogP contribution < -0.4 is 10.6 Å². The summed E-state index contributed by atoms with van der Waals surface area (Å²) >= 11 is 3.47. The summed E-state index contributed by atoms with van der Waals surface area (Å²) in [7, 11) is 2.57. The molecule has 2 heterocycles. The number of hydrogen-bond donors (Lipinski definition) is 2. The van der Waals surface area contributed by atoms with E-state index in [1.54, 1.807) is 31.2 Å². The number of carbonyl (C=O) groups is 4. The van der Waals surface area contributed by atoms with E-state index in [1.165, 1.54) is 14.2 Å². The molecule has 0 spiro atoms. The third kappa shape index (κ3) is 4.32. The molecule has 0 aromatic heterocycles. The minimum absolute atomic E-state index is 0.276. The lowest BCUT2D eigenvalue weighted by atomic mass is 9.57. The Labute approximate surface area is 275 Å². The fourth-order valence-electron chi connectivity index (χ4n) is 8.34. The average molecular weight is 682 g/mol. The van der Waals surface area contributed by atoms with Crippen LogP contribution in [0.3, 0.4) is 0 Å². The topological polar surface area (TPSA) is 111 Å². The molecule has 0 bridgehead atoms. The zero-order chi connectivity index (χ0) is 32.4. The van der Waals surface area contributed by atoms with Gasteiger partial charge in [-0.05, 0) is 52.6 Å². The highest BCUT2D eigenvalue weighted by Crippen LogP contribution is 2.59. The number of methoxy groups -OCH3 is 2. The molecular weight excluding hydrogens is 648 g/mol. The van der Waals surface area contributed by atoms with Gasteiger partial charge in [-0.1, -0.05) is 94.8 Å². The summed E-state index contributed by atoms with van der Waals surface area (Å²) in [5.41, 5.74) is -1.13. The lowest BCUT2D eigenvalue weighted by molar-refractivity contribution is -0.161. The Hall–Kier alpha value is -4.18. The molecule has 46 heavy (non-hydrogen) atoms. The van der Waals surface area contributed by atoms with E-state index >= 15 is 9.59 Å². The maximum atomic E-state index is 15.3. The number of ether oxygens (including phenoxy) is 2. The number of ketones is 2. The molecule has 2 aliphatic heterocycles. The number of halogens is 1. The summed E-state index contributed by atoms with van der Waals surface area (Å²) in [6, 6.07) is 28.8. The largest absolute Gasteiger partial charge is 0.468 e. The number of rotatable bonds is 5. The Balaban J connectivity index is 1.47. The van der Waals surface area contributed by atoms with Crippen LogP contribution in [0.2, 0.25) is 0 Å². The fourth-order valence-corrected chi connectivity index (χ4v) is 8.61. The van der Waals surface area contributed by atoms with Crippen LogP contribution >= 0.6 is 15.9 Å². The van der Waals surface area contributed by atoms with Crippen LogP contribution in [0.25, 0.3) is 10.8 Å². The molecule has 3 aliphatic rings. The van der Waals surface area contributed by atoms with Crippen LogP contribution in [0.1, 0.15) is 35.7 Å². The molecule has 1 saturated carbocycles. The maximum Gasteiger partial charge on any atom is 0.331 e. The van der Waals surface area contributed by atoms with Crippen LogP contribution in [0, 0.1) is 23.7 Å². The van der Waals surface area contributed by atoms with Crippen LogP contribution in [0.15, 0.2) is 102 Å². The number of Topliss-reactive ketones (excluding diaryl/α,β-unsaturated/α-hetero) is 2. The summed E-state index contributed by atoms with van der Waals surface area (Å²) in [5.74, 6) is -5.94. The summed E-state index contributed by atoms with van der Waals surface area (Å²) in [4.78, 5) is 58.1. The summed E-state index contributed by atoms with van der Waals surface area (Å²) in [6.07, 6.45) is 0. The molecule has 234 valence electrons. The van der Waals surface area contributed by atoms with Crippen molar-refractivity contribution in [1.82, 2.24) is 10.6 Å². The monoisotopic (exact) mass is 680 g/mol. The summed E-state index contributed by atoms with van der Waals surface area (Å²) < 4.78 is 11.5. The van der Waals surface area contributed by atoms with Gasteiger partial charge in [-0.25, -0.2) is 4.79 Å². The van der Waals surface area contributed by atoms with Gasteiger partial charge in [0.25, 0.3) is 0 Å². The van der Waals surface area contributed by atoms with Gasteiger partial charge in [0.15, 0.2) is 5.54 Å². The van der Waals surface area contributed by atoms with Crippen LogP contribution in [0.4, 0.5) is 0 Å². The van der Waals surface area contributed by atoms with Gasteiger partial charge in [0.05, 0.1) is 32.0 Å². The number of nitrogens with one attached hydrogen (secondary N) is 2. The second-order valence-electron chi connectivity index (χ2n) is 12.6. The van der Waals surface area contributed by atoms with E-state index in [4.69, 9.17) is 9.47 Å². The van der Waals surface area contributed by atoms with E-state index in [1.807, 2.05) is 72.8 Å². The van der Waals surface area contributed by atoms with E-state index in [0.29, 0.717) is 5.56 Å². The van der Waals surface area contributed by atoms with Gasteiger partial charge in [0.1, 0.15) is 17.1 Å². The van der Waals surface area contributed by atoms with Crippen LogP contribution in [-0.4, -0.2) is 43.3 Å². The SMILES string of the molecule is COC(=O)[C@]1(C)N[C@H](c2ccc(Br)cc2)[C@@H]2C(=O)[C@@H]3[C@H](C(=O)[C@@H]21)[C@H](c1ccc2ccccc2c1)N[C@@]3(C(=O)OC)c1ccccc1. The molecule has 0 unspecified atom stereocenters. The predicted molar refractivity (Wildman–Crippen MR) is 174 cm³/mol. The third-order valence-corrected chi connectivity index (χ3v) is 10.9. The molecule has 0 radical (unpaired) electrons. The minimum Gasteiger partial charge on any atom is -0.468 e. The number of carbonyl (C=O) groups excluding carboxylic acids is 4. The van der Waals surface area contributed by atoms with E-state index in [2.05, 4.69) is 26.6 Å². The molecule has 0 amide bonds. The lowest BCUT2D eigenvalue weighted by Gasteiger charge is -2.42. The number of fused-ring (bicyclic) bond motifs is 3. The predicted octanol–water partition coefficient (Wildman–Crippen LogP) is 5.21. The van der Waals surface area contributed by atoms with Gasteiger partial charge < -0.3 is 9.47 Å². The molecule has 9 heteroatoms. The van der Waals surface area contributed by atoms with Crippen molar-refractivity contribution in [3.8, 4) is 0 Å². The first-order valence-corrected chi connectivity index (χ1v) is 16.0. The van der Waals surface area contributed by atoms with E-state index in [0.717, 1.165) is 26.4 Å². The highest BCUT2D eigenvalue weighted by atomic mass is 79.9. The molecule has 7 rings (SSSR count). The standard InChI is InChI=1S/C37H33BrN2O6/c1-36(34(43)45-2)28-26(30(39-36)21-15-17-25(38)18-16-21)33(42)29-27(32(28)41)31(23-14-13-20-9-7-8-10-22(20)19-23)40-37(29,35(44)46-3)24-11-5-4-6-12-24/h4-19,26-31,39-40H,1-3H3/t26-,27+,28-,29+,30-,31+,36-,37+/m1/s1. The third-order valence-electron chi connectivity index (χ3n) is 10.3. The van der Waals surface area contributed by atoms with Crippen molar-refractivity contribution in [3.05, 3.63) is 118 Å².